The Bertz CT molecular complexity index is 323. The van der Waals surface area contributed by atoms with Crippen LogP contribution in [-0.2, 0) is 13.6 Å². The molecule has 0 amide bonds. The molecule has 3 rings (SSSR count). The zero-order valence-corrected chi connectivity index (χ0v) is 15.6. The van der Waals surface area contributed by atoms with E-state index in [2.05, 4.69) is 0 Å². The normalized spacial score (nSPS) is 26.4. The Labute approximate surface area is 142 Å². The van der Waals surface area contributed by atoms with E-state index in [4.69, 9.17) is 9.05 Å². The van der Waals surface area contributed by atoms with Gasteiger partial charge in [-0.1, -0.05) is 57.8 Å². The van der Waals surface area contributed by atoms with E-state index >= 15 is 0 Å². The fourth-order valence-electron chi connectivity index (χ4n) is 4.59. The van der Waals surface area contributed by atoms with E-state index in [-0.39, 0.29) is 12.2 Å². The van der Waals surface area contributed by atoms with Crippen LogP contribution in [0.25, 0.3) is 0 Å². The average Bonchev–Trinajstić information content (AvgIpc) is 2.57. The Balaban J connectivity index is 1.61. The number of hydrogen-bond acceptors (Lipinski definition) is 3. The van der Waals surface area contributed by atoms with Gasteiger partial charge >= 0.3 is 7.60 Å². The van der Waals surface area contributed by atoms with Crippen LogP contribution in [0.2, 0.25) is 0 Å². The molecule has 0 aromatic rings. The Morgan fingerprint density at radius 3 is 1.43 bits per heavy atom. The van der Waals surface area contributed by atoms with Crippen LogP contribution in [0, 0.1) is 5.92 Å². The maximum atomic E-state index is 13.6. The monoisotopic (exact) mass is 342 g/mol. The molecule has 134 valence electrons. The lowest BCUT2D eigenvalue weighted by atomic mass is 9.91. The van der Waals surface area contributed by atoms with Gasteiger partial charge in [-0.05, 0) is 44.4 Å². The van der Waals surface area contributed by atoms with Crippen LogP contribution >= 0.6 is 7.60 Å². The minimum atomic E-state index is -2.92. The molecule has 3 fully saturated rings. The molecule has 3 nitrogen and oxygen atoms in total. The second-order valence-corrected chi connectivity index (χ2v) is 10.0. The van der Waals surface area contributed by atoms with Crippen LogP contribution in [0.5, 0.6) is 0 Å². The summed E-state index contributed by atoms with van der Waals surface area (Å²) in [7, 11) is -2.92. The molecule has 0 radical (unpaired) electrons. The van der Waals surface area contributed by atoms with Gasteiger partial charge < -0.3 is 9.05 Å². The highest BCUT2D eigenvalue weighted by Gasteiger charge is 2.36. The standard InChI is InChI=1S/C19H35O3P/c20-23(16-17-10-4-1-5-11-17,21-18-12-6-2-7-13-18)22-19-14-8-3-9-15-19/h17-19H,1-16H2. The van der Waals surface area contributed by atoms with E-state index < -0.39 is 7.60 Å². The fourth-order valence-corrected chi connectivity index (χ4v) is 7.14. The molecule has 0 heterocycles. The fraction of sp³-hybridized carbons (Fsp3) is 1.00. The molecule has 4 heteroatoms. The Hall–Kier alpha value is 0.150. The molecule has 0 aromatic carbocycles. The second kappa shape index (κ2) is 9.02. The highest BCUT2D eigenvalue weighted by molar-refractivity contribution is 7.53. The largest absolute Gasteiger partial charge is 0.331 e. The van der Waals surface area contributed by atoms with Crippen LogP contribution < -0.4 is 0 Å². The van der Waals surface area contributed by atoms with Crippen molar-refractivity contribution in [2.45, 2.75) is 109 Å². The molecule has 0 saturated heterocycles. The van der Waals surface area contributed by atoms with Gasteiger partial charge in [0.2, 0.25) is 0 Å². The third-order valence-electron chi connectivity index (χ3n) is 5.93. The lowest BCUT2D eigenvalue weighted by Crippen LogP contribution is -2.23. The van der Waals surface area contributed by atoms with Gasteiger partial charge in [0.05, 0.1) is 18.4 Å². The first kappa shape index (κ1) is 18.0. The smallest absolute Gasteiger partial charge is 0.305 e. The van der Waals surface area contributed by atoms with Crippen molar-refractivity contribution in [1.29, 1.82) is 0 Å². The highest BCUT2D eigenvalue weighted by Crippen LogP contribution is 2.55. The molecule has 3 aliphatic carbocycles. The first-order chi connectivity index (χ1) is 11.2. The molecule has 3 saturated carbocycles. The van der Waals surface area contributed by atoms with E-state index in [0.717, 1.165) is 25.7 Å². The minimum absolute atomic E-state index is 0.182. The van der Waals surface area contributed by atoms with E-state index in [1.807, 2.05) is 0 Å². The van der Waals surface area contributed by atoms with E-state index in [9.17, 15) is 4.57 Å². The predicted octanol–water partition coefficient (Wildman–Crippen LogP) is 6.46. The van der Waals surface area contributed by atoms with Crippen LogP contribution in [0.1, 0.15) is 96.3 Å². The van der Waals surface area contributed by atoms with Crippen LogP contribution in [0.4, 0.5) is 0 Å². The van der Waals surface area contributed by atoms with Gasteiger partial charge in [0.25, 0.3) is 0 Å². The Kier molecular flexibility index (Phi) is 7.04. The SMILES string of the molecule is O=P(CC1CCCCC1)(OC1CCCCC1)OC1CCCCC1. The third-order valence-corrected chi connectivity index (χ3v) is 8.13. The topological polar surface area (TPSA) is 35.5 Å². The van der Waals surface area contributed by atoms with Crippen LogP contribution in [0.3, 0.4) is 0 Å². The second-order valence-electron chi connectivity index (χ2n) is 8.03. The van der Waals surface area contributed by atoms with Crippen molar-refractivity contribution in [2.24, 2.45) is 5.92 Å². The maximum absolute atomic E-state index is 13.6. The first-order valence-corrected chi connectivity index (χ1v) is 11.9. The van der Waals surface area contributed by atoms with Crippen molar-refractivity contribution < 1.29 is 13.6 Å². The summed E-state index contributed by atoms with van der Waals surface area (Å²) in [5.74, 6) is 0.557. The van der Waals surface area contributed by atoms with Gasteiger partial charge in [-0.15, -0.1) is 0 Å². The van der Waals surface area contributed by atoms with E-state index in [1.54, 1.807) is 0 Å². The van der Waals surface area contributed by atoms with Gasteiger partial charge in [-0.25, -0.2) is 0 Å². The molecule has 0 unspecified atom stereocenters. The number of rotatable bonds is 6. The van der Waals surface area contributed by atoms with E-state index in [0.29, 0.717) is 12.1 Å². The first-order valence-electron chi connectivity index (χ1n) is 10.2. The summed E-state index contributed by atoms with van der Waals surface area (Å²) in [6.45, 7) is 0. The van der Waals surface area contributed by atoms with Gasteiger partial charge in [0.15, 0.2) is 0 Å². The molecular formula is C19H35O3P. The zero-order chi connectivity index (χ0) is 16.0. The molecular weight excluding hydrogens is 307 g/mol. The lowest BCUT2D eigenvalue weighted by Gasteiger charge is -2.33. The van der Waals surface area contributed by atoms with Crippen molar-refractivity contribution in [2.75, 3.05) is 6.16 Å². The average molecular weight is 342 g/mol. The molecule has 0 bridgehead atoms. The summed E-state index contributed by atoms with van der Waals surface area (Å²) in [6.07, 6.45) is 19.2. The Morgan fingerprint density at radius 2 is 1.00 bits per heavy atom. The molecule has 0 atom stereocenters. The van der Waals surface area contributed by atoms with Crippen molar-refractivity contribution in [1.82, 2.24) is 0 Å². The molecule has 23 heavy (non-hydrogen) atoms. The van der Waals surface area contributed by atoms with Gasteiger partial charge in [0.1, 0.15) is 0 Å². The summed E-state index contributed by atoms with van der Waals surface area (Å²) < 4.78 is 26.0. The van der Waals surface area contributed by atoms with Crippen LogP contribution in [0.15, 0.2) is 0 Å². The molecule has 0 aromatic heterocycles. The molecule has 0 spiro atoms. The summed E-state index contributed by atoms with van der Waals surface area (Å²) in [5, 5.41) is 0. The van der Waals surface area contributed by atoms with Crippen molar-refractivity contribution >= 4 is 7.60 Å². The number of hydrogen-bond donors (Lipinski definition) is 0. The van der Waals surface area contributed by atoms with Crippen molar-refractivity contribution in [3.63, 3.8) is 0 Å². The van der Waals surface area contributed by atoms with Crippen molar-refractivity contribution in [3.8, 4) is 0 Å². The molecule has 0 N–H and O–H groups in total. The zero-order valence-electron chi connectivity index (χ0n) is 14.7. The maximum Gasteiger partial charge on any atom is 0.331 e. The van der Waals surface area contributed by atoms with Crippen LogP contribution in [-0.4, -0.2) is 18.4 Å². The minimum Gasteiger partial charge on any atom is -0.305 e. The van der Waals surface area contributed by atoms with E-state index in [1.165, 1.54) is 70.6 Å². The molecule has 3 aliphatic rings. The van der Waals surface area contributed by atoms with Gasteiger partial charge in [-0.2, -0.15) is 0 Å². The quantitative estimate of drug-likeness (QED) is 0.520. The van der Waals surface area contributed by atoms with Gasteiger partial charge in [-0.3, -0.25) is 4.57 Å². The molecule has 0 aliphatic heterocycles. The summed E-state index contributed by atoms with van der Waals surface area (Å²) in [4.78, 5) is 0. The summed E-state index contributed by atoms with van der Waals surface area (Å²) in [6, 6.07) is 0. The predicted molar refractivity (Wildman–Crippen MR) is 95.0 cm³/mol. The van der Waals surface area contributed by atoms with Crippen molar-refractivity contribution in [3.05, 3.63) is 0 Å². The summed E-state index contributed by atoms with van der Waals surface area (Å²) >= 11 is 0. The third kappa shape index (κ3) is 5.87. The Morgan fingerprint density at radius 1 is 0.609 bits per heavy atom. The van der Waals surface area contributed by atoms with Gasteiger partial charge in [0, 0.05) is 0 Å². The highest BCUT2D eigenvalue weighted by atomic mass is 31.2. The summed E-state index contributed by atoms with van der Waals surface area (Å²) in [5.41, 5.74) is 0. The lowest BCUT2D eigenvalue weighted by molar-refractivity contribution is 0.0766.